The maximum Gasteiger partial charge on any atom is 0.276 e. The number of nitrogens with zero attached hydrogens (tertiary/aromatic N) is 2. The largest absolute Gasteiger partial charge is 0.415 e. The van der Waals surface area contributed by atoms with Gasteiger partial charge in [0.1, 0.15) is 5.75 Å². The monoisotopic (exact) mass is 304 g/mol. The van der Waals surface area contributed by atoms with Crippen molar-refractivity contribution in [1.82, 2.24) is 10.2 Å². The van der Waals surface area contributed by atoms with E-state index in [0.717, 1.165) is 0 Å². The van der Waals surface area contributed by atoms with Crippen LogP contribution in [0.1, 0.15) is 5.89 Å². The van der Waals surface area contributed by atoms with Crippen molar-refractivity contribution in [2.75, 3.05) is 6.26 Å². The first kappa shape index (κ1) is 13.4. The molecule has 1 aromatic carbocycles. The molecule has 8 heteroatoms. The van der Waals surface area contributed by atoms with Gasteiger partial charge in [0.2, 0.25) is 5.89 Å². The van der Waals surface area contributed by atoms with Crippen LogP contribution >= 0.6 is 23.4 Å². The lowest BCUT2D eigenvalue weighted by molar-refractivity contribution is 0.424. The highest BCUT2D eigenvalue weighted by atomic mass is 35.5. The topological polar surface area (TPSA) is 73.1 Å². The summed E-state index contributed by atoms with van der Waals surface area (Å²) in [6, 6.07) is 5.94. The van der Waals surface area contributed by atoms with Crippen LogP contribution in [0, 0.1) is 0 Å². The van der Waals surface area contributed by atoms with Gasteiger partial charge >= 0.3 is 0 Å². The molecule has 0 N–H and O–H groups in total. The quantitative estimate of drug-likeness (QED) is 0.808. The fourth-order valence-electron chi connectivity index (χ4n) is 1.27. The van der Waals surface area contributed by atoms with Gasteiger partial charge in [-0.1, -0.05) is 23.4 Å². The van der Waals surface area contributed by atoms with E-state index in [2.05, 4.69) is 10.2 Å². The summed E-state index contributed by atoms with van der Waals surface area (Å²) in [5.41, 5.74) is 0. The van der Waals surface area contributed by atoms with Gasteiger partial charge in [-0.05, 0) is 30.5 Å². The van der Waals surface area contributed by atoms with Crippen molar-refractivity contribution in [2.45, 2.75) is 15.9 Å². The molecule has 0 bridgehead atoms. The maximum absolute atomic E-state index is 12.0. The first-order valence-corrected chi connectivity index (χ1v) is 8.11. The first-order chi connectivity index (χ1) is 8.51. The van der Waals surface area contributed by atoms with Gasteiger partial charge in [0.15, 0.2) is 9.84 Å². The molecule has 0 amide bonds. The van der Waals surface area contributed by atoms with Crippen molar-refractivity contribution in [3.63, 3.8) is 0 Å². The first-order valence-electron chi connectivity index (χ1n) is 4.86. The van der Waals surface area contributed by atoms with Crippen LogP contribution in [0.4, 0.5) is 0 Å². The van der Waals surface area contributed by atoms with E-state index in [9.17, 15) is 8.42 Å². The Balaban J connectivity index is 2.24. The van der Waals surface area contributed by atoms with Gasteiger partial charge in [0.25, 0.3) is 5.22 Å². The number of halogens is 1. The lowest BCUT2D eigenvalue weighted by Crippen LogP contribution is -2.05. The van der Waals surface area contributed by atoms with Gasteiger partial charge in [0, 0.05) is 5.02 Å². The number of sulfone groups is 1. The van der Waals surface area contributed by atoms with Crippen molar-refractivity contribution in [2.24, 2.45) is 0 Å². The number of aromatic nitrogens is 2. The average molecular weight is 305 g/mol. The molecule has 0 saturated carbocycles. The van der Waals surface area contributed by atoms with Crippen LogP contribution in [0.25, 0.3) is 0 Å². The second-order valence-electron chi connectivity index (χ2n) is 3.38. The summed E-state index contributed by atoms with van der Waals surface area (Å²) in [5, 5.41) is 8.19. The number of rotatable bonds is 4. The fraction of sp³-hybridized carbons (Fsp3) is 0.200. The fourth-order valence-corrected chi connectivity index (χ4v) is 2.85. The van der Waals surface area contributed by atoms with E-state index in [-0.39, 0.29) is 16.5 Å². The Morgan fingerprint density at radius 1 is 1.28 bits per heavy atom. The predicted octanol–water partition coefficient (Wildman–Crippen LogP) is 2.42. The van der Waals surface area contributed by atoms with Crippen LogP contribution in [0.3, 0.4) is 0 Å². The molecular formula is C10H9ClN2O3S2. The highest BCUT2D eigenvalue weighted by Crippen LogP contribution is 2.20. The Labute approximate surface area is 113 Å². The van der Waals surface area contributed by atoms with Crippen molar-refractivity contribution in [3.05, 3.63) is 35.2 Å². The van der Waals surface area contributed by atoms with Crippen LogP contribution in [-0.2, 0) is 15.6 Å². The third-order valence-electron chi connectivity index (χ3n) is 2.11. The molecule has 0 unspecified atom stereocenters. The summed E-state index contributed by atoms with van der Waals surface area (Å²) in [7, 11) is -3.49. The molecule has 5 nitrogen and oxygen atoms in total. The van der Waals surface area contributed by atoms with E-state index in [1.807, 2.05) is 0 Å². The number of thioether (sulfide) groups is 1. The van der Waals surface area contributed by atoms with Crippen LogP contribution in [0.5, 0.6) is 0 Å². The Hall–Kier alpha value is -1.05. The van der Waals surface area contributed by atoms with Gasteiger partial charge in [-0.3, -0.25) is 0 Å². The predicted molar refractivity (Wildman–Crippen MR) is 68.4 cm³/mol. The molecule has 0 aliphatic heterocycles. The average Bonchev–Trinajstić information content (AvgIpc) is 2.76. The van der Waals surface area contributed by atoms with Gasteiger partial charge in [0.05, 0.1) is 4.90 Å². The SMILES string of the molecule is CSc1nnc(CS(=O)(=O)c2ccc(Cl)cc2)o1. The minimum Gasteiger partial charge on any atom is -0.415 e. The van der Waals surface area contributed by atoms with Crippen molar-refractivity contribution in [3.8, 4) is 0 Å². The van der Waals surface area contributed by atoms with Crippen LogP contribution in [0.2, 0.25) is 5.02 Å². The van der Waals surface area contributed by atoms with Crippen LogP contribution in [-0.4, -0.2) is 24.9 Å². The molecule has 96 valence electrons. The number of hydrogen-bond acceptors (Lipinski definition) is 6. The normalized spacial score (nSPS) is 11.7. The molecule has 0 spiro atoms. The van der Waals surface area contributed by atoms with E-state index in [1.165, 1.54) is 36.0 Å². The molecule has 18 heavy (non-hydrogen) atoms. The molecule has 2 aromatic rings. The van der Waals surface area contributed by atoms with Gasteiger partial charge in [-0.25, -0.2) is 8.42 Å². The summed E-state index contributed by atoms with van der Waals surface area (Å²) < 4.78 is 29.2. The Morgan fingerprint density at radius 3 is 2.50 bits per heavy atom. The summed E-state index contributed by atoms with van der Waals surface area (Å²) in [5.74, 6) is -0.239. The number of hydrogen-bond donors (Lipinski definition) is 0. The van der Waals surface area contributed by atoms with Crippen molar-refractivity contribution < 1.29 is 12.8 Å². The molecule has 0 atom stereocenters. The van der Waals surface area contributed by atoms with E-state index in [1.54, 1.807) is 6.26 Å². The lowest BCUT2D eigenvalue weighted by Gasteiger charge is -2.01. The molecule has 2 rings (SSSR count). The Kier molecular flexibility index (Phi) is 3.94. The molecule has 1 aromatic heterocycles. The third kappa shape index (κ3) is 3.04. The van der Waals surface area contributed by atoms with E-state index >= 15 is 0 Å². The highest BCUT2D eigenvalue weighted by molar-refractivity contribution is 7.98. The summed E-state index contributed by atoms with van der Waals surface area (Å²) in [6.45, 7) is 0. The molecular weight excluding hydrogens is 296 g/mol. The number of benzene rings is 1. The molecule has 0 saturated heterocycles. The van der Waals surface area contributed by atoms with Gasteiger partial charge in [-0.15, -0.1) is 10.2 Å². The zero-order valence-corrected chi connectivity index (χ0v) is 11.7. The standard InChI is InChI=1S/C10H9ClN2O3S2/c1-17-10-13-12-9(16-10)6-18(14,15)8-4-2-7(11)3-5-8/h2-5H,6H2,1H3. The molecule has 0 radical (unpaired) electrons. The Morgan fingerprint density at radius 2 is 1.94 bits per heavy atom. The van der Waals surface area contributed by atoms with Crippen molar-refractivity contribution in [1.29, 1.82) is 0 Å². The summed E-state index contributed by atoms with van der Waals surface area (Å²) in [6.07, 6.45) is 1.77. The molecule has 1 heterocycles. The summed E-state index contributed by atoms with van der Waals surface area (Å²) >= 11 is 6.97. The lowest BCUT2D eigenvalue weighted by atomic mass is 10.4. The van der Waals surface area contributed by atoms with Gasteiger partial charge in [-0.2, -0.15) is 0 Å². The smallest absolute Gasteiger partial charge is 0.276 e. The highest BCUT2D eigenvalue weighted by Gasteiger charge is 2.19. The molecule has 0 fully saturated rings. The minimum absolute atomic E-state index is 0.0781. The third-order valence-corrected chi connectivity index (χ3v) is 4.49. The summed E-state index contributed by atoms with van der Waals surface area (Å²) in [4.78, 5) is 0.177. The van der Waals surface area contributed by atoms with E-state index < -0.39 is 9.84 Å². The minimum atomic E-state index is -3.49. The molecule has 0 aliphatic rings. The van der Waals surface area contributed by atoms with Gasteiger partial charge < -0.3 is 4.42 Å². The van der Waals surface area contributed by atoms with E-state index in [0.29, 0.717) is 10.2 Å². The molecule has 0 aliphatic carbocycles. The van der Waals surface area contributed by atoms with E-state index in [4.69, 9.17) is 16.0 Å². The maximum atomic E-state index is 12.0. The second kappa shape index (κ2) is 5.29. The van der Waals surface area contributed by atoms with Crippen LogP contribution < -0.4 is 0 Å². The van der Waals surface area contributed by atoms with Crippen molar-refractivity contribution >= 4 is 33.2 Å². The van der Waals surface area contributed by atoms with Crippen LogP contribution in [0.15, 0.2) is 38.8 Å². The Bertz CT molecular complexity index is 637. The zero-order chi connectivity index (χ0) is 13.2. The zero-order valence-electron chi connectivity index (χ0n) is 9.33. The second-order valence-corrected chi connectivity index (χ2v) is 6.56.